The van der Waals surface area contributed by atoms with E-state index in [0.717, 1.165) is 0 Å². The van der Waals surface area contributed by atoms with Crippen LogP contribution in [0.2, 0.25) is 0 Å². The third-order valence-corrected chi connectivity index (χ3v) is 3.04. The molecule has 0 aromatic heterocycles. The molecule has 0 amide bonds. The number of carbonyl (C=O) groups is 1. The van der Waals surface area contributed by atoms with Crippen LogP contribution in [0.1, 0.15) is 11.1 Å². The Bertz CT molecular complexity index is 792. The lowest BCUT2D eigenvalue weighted by molar-refractivity contribution is -0.136. The molecule has 0 aliphatic carbocycles. The zero-order valence-electron chi connectivity index (χ0n) is 12.6. The summed E-state index contributed by atoms with van der Waals surface area (Å²) in [6.45, 7) is 0.0334. The smallest absolute Gasteiger partial charge is 0.331 e. The molecule has 6 heteroatoms. The molecule has 0 heterocycles. The van der Waals surface area contributed by atoms with E-state index < -0.39 is 5.97 Å². The topological polar surface area (TPSA) is 107 Å². The molecule has 0 bridgehead atoms. The van der Waals surface area contributed by atoms with Crippen LogP contribution in [0, 0.1) is 0 Å². The van der Waals surface area contributed by atoms with Crippen molar-refractivity contribution in [3.05, 3.63) is 59.7 Å². The average molecular weight is 328 g/mol. The van der Waals surface area contributed by atoms with Gasteiger partial charge in [0.1, 0.15) is 6.61 Å². The van der Waals surface area contributed by atoms with E-state index in [-0.39, 0.29) is 29.6 Å². The van der Waals surface area contributed by atoms with Crippen LogP contribution in [0.15, 0.2) is 48.6 Å². The van der Waals surface area contributed by atoms with Crippen LogP contribution in [0.3, 0.4) is 0 Å². The second-order valence-electron chi connectivity index (χ2n) is 4.86. The van der Waals surface area contributed by atoms with Gasteiger partial charge in [0.15, 0.2) is 23.0 Å². The summed E-state index contributed by atoms with van der Waals surface area (Å²) in [5.41, 5.74) is 1.19. The lowest BCUT2D eigenvalue weighted by Gasteiger charge is -2.00. The fraction of sp³-hybridized carbons (Fsp3) is 0.0556. The number of carbonyl (C=O) groups excluding carboxylic acids is 1. The first-order chi connectivity index (χ1) is 11.5. The van der Waals surface area contributed by atoms with Crippen LogP contribution in [0.4, 0.5) is 0 Å². The first kappa shape index (κ1) is 17.0. The van der Waals surface area contributed by atoms with Crippen molar-refractivity contribution in [3.8, 4) is 23.0 Å². The van der Waals surface area contributed by atoms with E-state index in [4.69, 9.17) is 4.74 Å². The maximum atomic E-state index is 11.6. The van der Waals surface area contributed by atoms with Gasteiger partial charge in [-0.05, 0) is 47.5 Å². The zero-order chi connectivity index (χ0) is 17.5. The first-order valence-electron chi connectivity index (χ1n) is 7.01. The fourth-order valence-corrected chi connectivity index (χ4v) is 1.82. The molecule has 2 rings (SSSR count). The van der Waals surface area contributed by atoms with Gasteiger partial charge < -0.3 is 25.2 Å². The molecule has 24 heavy (non-hydrogen) atoms. The Morgan fingerprint density at radius 3 is 1.92 bits per heavy atom. The Kier molecular flexibility index (Phi) is 5.46. The highest BCUT2D eigenvalue weighted by Gasteiger charge is 2.00. The molecule has 0 saturated heterocycles. The molecule has 0 aliphatic heterocycles. The fourth-order valence-electron chi connectivity index (χ4n) is 1.82. The minimum atomic E-state index is -0.569. The molecule has 4 N–H and O–H groups in total. The zero-order valence-corrected chi connectivity index (χ0v) is 12.6. The Morgan fingerprint density at radius 2 is 1.38 bits per heavy atom. The van der Waals surface area contributed by atoms with E-state index in [2.05, 4.69) is 0 Å². The number of phenolic OH excluding ortho intramolecular Hbond substituents is 4. The molecule has 2 aromatic rings. The van der Waals surface area contributed by atoms with E-state index in [1.54, 1.807) is 18.2 Å². The van der Waals surface area contributed by atoms with Crippen molar-refractivity contribution < 1.29 is 30.0 Å². The summed E-state index contributed by atoms with van der Waals surface area (Å²) in [4.78, 5) is 11.6. The van der Waals surface area contributed by atoms with Crippen LogP contribution in [-0.2, 0) is 9.53 Å². The summed E-state index contributed by atoms with van der Waals surface area (Å²) >= 11 is 0. The highest BCUT2D eigenvalue weighted by molar-refractivity contribution is 5.87. The van der Waals surface area contributed by atoms with Crippen molar-refractivity contribution >= 4 is 18.1 Å². The van der Waals surface area contributed by atoms with Gasteiger partial charge in [-0.15, -0.1) is 0 Å². The van der Waals surface area contributed by atoms with Crippen LogP contribution >= 0.6 is 0 Å². The van der Waals surface area contributed by atoms with E-state index in [1.165, 1.54) is 42.5 Å². The van der Waals surface area contributed by atoms with Gasteiger partial charge in [-0.1, -0.05) is 18.2 Å². The van der Waals surface area contributed by atoms with Crippen LogP contribution < -0.4 is 0 Å². The van der Waals surface area contributed by atoms with Gasteiger partial charge >= 0.3 is 5.97 Å². The van der Waals surface area contributed by atoms with Crippen LogP contribution in [0.5, 0.6) is 23.0 Å². The molecule has 124 valence electrons. The summed E-state index contributed by atoms with van der Waals surface area (Å²) in [5.74, 6) is -1.51. The van der Waals surface area contributed by atoms with Crippen molar-refractivity contribution in [1.82, 2.24) is 0 Å². The SMILES string of the molecule is O=C(/C=C/c1ccc(O)c(O)c1)OCC=Cc1ccc(O)c(O)c1. The van der Waals surface area contributed by atoms with E-state index in [9.17, 15) is 25.2 Å². The number of phenols is 4. The maximum absolute atomic E-state index is 11.6. The molecule has 0 radical (unpaired) electrons. The molecular weight excluding hydrogens is 312 g/mol. The van der Waals surface area contributed by atoms with E-state index >= 15 is 0 Å². The van der Waals surface area contributed by atoms with E-state index in [1.807, 2.05) is 0 Å². The number of hydrogen-bond acceptors (Lipinski definition) is 6. The normalized spacial score (nSPS) is 11.2. The number of hydrogen-bond donors (Lipinski definition) is 4. The van der Waals surface area contributed by atoms with Crippen LogP contribution in [0.25, 0.3) is 12.2 Å². The monoisotopic (exact) mass is 328 g/mol. The molecule has 0 atom stereocenters. The molecule has 0 aliphatic rings. The van der Waals surface area contributed by atoms with Gasteiger partial charge in [0.25, 0.3) is 0 Å². The van der Waals surface area contributed by atoms with Gasteiger partial charge in [0.05, 0.1) is 0 Å². The van der Waals surface area contributed by atoms with Gasteiger partial charge in [0.2, 0.25) is 0 Å². The number of ether oxygens (including phenoxy) is 1. The Hall–Kier alpha value is -3.41. The average Bonchev–Trinajstić information content (AvgIpc) is 2.56. The number of benzene rings is 2. The summed E-state index contributed by atoms with van der Waals surface area (Å²) < 4.78 is 4.96. The quantitative estimate of drug-likeness (QED) is 0.382. The molecular formula is C18H16O6. The number of rotatable bonds is 5. The molecule has 2 aromatic carbocycles. The Labute approximate surface area is 138 Å². The maximum Gasteiger partial charge on any atom is 0.331 e. The third kappa shape index (κ3) is 4.81. The van der Waals surface area contributed by atoms with Gasteiger partial charge in [-0.3, -0.25) is 0 Å². The molecule has 0 fully saturated rings. The predicted molar refractivity (Wildman–Crippen MR) is 88.6 cm³/mol. The summed E-state index contributed by atoms with van der Waals surface area (Å²) in [6, 6.07) is 8.51. The van der Waals surface area contributed by atoms with Crippen molar-refractivity contribution in [2.75, 3.05) is 6.61 Å². The van der Waals surface area contributed by atoms with E-state index in [0.29, 0.717) is 11.1 Å². The number of aromatic hydroxyl groups is 4. The van der Waals surface area contributed by atoms with Crippen molar-refractivity contribution in [3.63, 3.8) is 0 Å². The molecule has 0 unspecified atom stereocenters. The highest BCUT2D eigenvalue weighted by Crippen LogP contribution is 2.26. The van der Waals surface area contributed by atoms with Crippen molar-refractivity contribution in [2.45, 2.75) is 0 Å². The summed E-state index contributed by atoms with van der Waals surface area (Å²) in [6.07, 6.45) is 5.87. The predicted octanol–water partition coefficient (Wildman–Crippen LogP) is 2.78. The Morgan fingerprint density at radius 1 is 0.833 bits per heavy atom. The minimum absolute atomic E-state index is 0.0334. The van der Waals surface area contributed by atoms with Gasteiger partial charge in [-0.25, -0.2) is 4.79 Å². The lowest BCUT2D eigenvalue weighted by Crippen LogP contribution is -1.99. The van der Waals surface area contributed by atoms with Crippen molar-refractivity contribution in [2.24, 2.45) is 0 Å². The second kappa shape index (κ2) is 7.73. The largest absolute Gasteiger partial charge is 0.504 e. The molecule has 0 spiro atoms. The third-order valence-electron chi connectivity index (χ3n) is 3.04. The molecule has 6 nitrogen and oxygen atoms in total. The lowest BCUT2D eigenvalue weighted by atomic mass is 10.2. The van der Waals surface area contributed by atoms with Crippen molar-refractivity contribution in [1.29, 1.82) is 0 Å². The van der Waals surface area contributed by atoms with Crippen LogP contribution in [-0.4, -0.2) is 33.0 Å². The number of esters is 1. The summed E-state index contributed by atoms with van der Waals surface area (Å²) in [5, 5.41) is 37.1. The first-order valence-corrected chi connectivity index (χ1v) is 7.01. The van der Waals surface area contributed by atoms with Gasteiger partial charge in [0, 0.05) is 6.08 Å². The molecule has 0 saturated carbocycles. The highest BCUT2D eigenvalue weighted by atomic mass is 16.5. The standard InChI is InChI=1S/C18H16O6/c19-14-6-3-12(10-16(14)21)2-1-9-24-18(23)8-5-13-4-7-15(20)17(22)11-13/h1-8,10-11,19-22H,9H2/b2-1?,8-5+. The summed E-state index contributed by atoms with van der Waals surface area (Å²) in [7, 11) is 0. The second-order valence-corrected chi connectivity index (χ2v) is 4.86. The minimum Gasteiger partial charge on any atom is -0.504 e. The Balaban J connectivity index is 1.84. The van der Waals surface area contributed by atoms with Gasteiger partial charge in [-0.2, -0.15) is 0 Å².